The highest BCUT2D eigenvalue weighted by atomic mass is 32.2. The molecule has 0 amide bonds. The predicted molar refractivity (Wildman–Crippen MR) is 97.0 cm³/mol. The minimum absolute atomic E-state index is 0.0486. The number of anilines is 1. The van der Waals surface area contributed by atoms with Gasteiger partial charge in [0.05, 0.1) is 13.7 Å². The highest BCUT2D eigenvalue weighted by Crippen LogP contribution is 2.35. The van der Waals surface area contributed by atoms with E-state index in [-0.39, 0.29) is 18.0 Å². The lowest BCUT2D eigenvalue weighted by Gasteiger charge is -2.10. The second kappa shape index (κ2) is 8.15. The van der Waals surface area contributed by atoms with Crippen molar-refractivity contribution < 1.29 is 22.4 Å². The van der Waals surface area contributed by atoms with Crippen LogP contribution < -0.4 is 15.2 Å². The van der Waals surface area contributed by atoms with Crippen molar-refractivity contribution in [1.82, 2.24) is 0 Å². The van der Waals surface area contributed by atoms with E-state index in [1.807, 2.05) is 0 Å². The first-order chi connectivity index (χ1) is 12.3. The maximum absolute atomic E-state index is 11.6. The maximum Gasteiger partial charge on any atom is 0.296 e. The second-order valence-corrected chi connectivity index (χ2v) is 6.71. The third-order valence-electron chi connectivity index (χ3n) is 3.43. The Morgan fingerprint density at radius 3 is 2.50 bits per heavy atom. The first kappa shape index (κ1) is 19.7. The third kappa shape index (κ3) is 4.70. The molecule has 2 aromatic rings. The van der Waals surface area contributed by atoms with Gasteiger partial charge in [0.1, 0.15) is 27.8 Å². The number of methoxy groups -OCH3 is 1. The van der Waals surface area contributed by atoms with E-state index in [9.17, 15) is 13.0 Å². The van der Waals surface area contributed by atoms with Gasteiger partial charge in [0.15, 0.2) is 0 Å². The quantitative estimate of drug-likeness (QED) is 0.430. The zero-order valence-electron chi connectivity index (χ0n) is 14.3. The average Bonchev–Trinajstić information content (AvgIpc) is 2.60. The Morgan fingerprint density at radius 1 is 1.19 bits per heavy atom. The Morgan fingerprint density at radius 2 is 1.88 bits per heavy atom. The molecule has 0 heterocycles. The number of benzene rings is 2. The van der Waals surface area contributed by atoms with Gasteiger partial charge >= 0.3 is 0 Å². The van der Waals surface area contributed by atoms with Crippen LogP contribution in [0.15, 0.2) is 45.5 Å². The van der Waals surface area contributed by atoms with Crippen molar-refractivity contribution in [2.75, 3.05) is 19.5 Å². The molecule has 0 atom stereocenters. The molecule has 3 N–H and O–H groups in total. The maximum atomic E-state index is 11.6. The van der Waals surface area contributed by atoms with Gasteiger partial charge in [-0.3, -0.25) is 4.55 Å². The lowest BCUT2D eigenvalue weighted by Crippen LogP contribution is -1.99. The molecule has 0 aliphatic heterocycles. The van der Waals surface area contributed by atoms with E-state index >= 15 is 0 Å². The molecule has 0 spiro atoms. The molecule has 0 saturated heterocycles. The van der Waals surface area contributed by atoms with Gasteiger partial charge < -0.3 is 15.2 Å². The number of nitrogens with zero attached hydrogens (tertiary/aromatic N) is 2. The summed E-state index contributed by atoms with van der Waals surface area (Å²) in [6, 6.07) is 7.28. The minimum atomic E-state index is -4.51. The minimum Gasteiger partial charge on any atom is -0.497 e. The fourth-order valence-electron chi connectivity index (χ4n) is 2.07. The summed E-state index contributed by atoms with van der Waals surface area (Å²) in [6.07, 6.45) is 0.301. The molecule has 2 radical (unpaired) electrons. The van der Waals surface area contributed by atoms with Gasteiger partial charge in [-0.25, -0.2) is 0 Å². The summed E-state index contributed by atoms with van der Waals surface area (Å²) in [6.45, 7) is 7.48. The number of hydrogen-bond acceptors (Lipinski definition) is 7. The van der Waals surface area contributed by atoms with E-state index in [0.717, 1.165) is 11.6 Å². The first-order valence-electron chi connectivity index (χ1n) is 7.56. The number of aryl methyl sites for hydroxylation is 1. The van der Waals surface area contributed by atoms with Crippen molar-refractivity contribution in [3.8, 4) is 11.5 Å². The zero-order valence-corrected chi connectivity index (χ0v) is 15.2. The van der Waals surface area contributed by atoms with Gasteiger partial charge in [0.2, 0.25) is 0 Å². The molecular weight excluding hydrogens is 358 g/mol. The van der Waals surface area contributed by atoms with Crippen molar-refractivity contribution in [3.63, 3.8) is 0 Å². The van der Waals surface area contributed by atoms with Crippen LogP contribution >= 0.6 is 0 Å². The largest absolute Gasteiger partial charge is 0.497 e. The molecule has 138 valence electrons. The summed E-state index contributed by atoms with van der Waals surface area (Å²) in [7, 11) is -3.13. The molecule has 0 aliphatic rings. The molecule has 8 nitrogen and oxygen atoms in total. The third-order valence-corrected chi connectivity index (χ3v) is 4.32. The molecule has 26 heavy (non-hydrogen) atoms. The molecular formula is C17H19N3O5S. The lowest BCUT2D eigenvalue weighted by atomic mass is 10.1. The van der Waals surface area contributed by atoms with Crippen molar-refractivity contribution in [2.45, 2.75) is 18.2 Å². The molecule has 0 aliphatic carbocycles. The summed E-state index contributed by atoms with van der Waals surface area (Å²) < 4.78 is 43.0. The molecule has 0 fully saturated rings. The molecule has 0 bridgehead atoms. The summed E-state index contributed by atoms with van der Waals surface area (Å²) >= 11 is 0. The second-order valence-electron chi connectivity index (χ2n) is 5.32. The van der Waals surface area contributed by atoms with E-state index in [2.05, 4.69) is 10.2 Å². The zero-order chi connectivity index (χ0) is 19.3. The summed E-state index contributed by atoms with van der Waals surface area (Å²) in [5.41, 5.74) is 7.44. The summed E-state index contributed by atoms with van der Waals surface area (Å²) in [4.78, 5) is -0.419. The molecule has 2 rings (SSSR count). The van der Waals surface area contributed by atoms with Crippen LogP contribution in [-0.4, -0.2) is 26.7 Å². The Bertz CT molecular complexity index is 926. The summed E-state index contributed by atoms with van der Waals surface area (Å²) in [5, 5.41) is 7.98. The molecule has 0 saturated carbocycles. The fourth-order valence-corrected chi connectivity index (χ4v) is 2.71. The van der Waals surface area contributed by atoms with Crippen LogP contribution in [0.1, 0.15) is 12.0 Å². The molecule has 9 heteroatoms. The highest BCUT2D eigenvalue weighted by Gasteiger charge is 2.17. The Balaban J connectivity index is 2.49. The molecule has 2 aromatic carbocycles. The van der Waals surface area contributed by atoms with Crippen LogP contribution in [0.25, 0.3) is 0 Å². The first-order valence-corrected chi connectivity index (χ1v) is 9.00. The van der Waals surface area contributed by atoms with E-state index in [0.29, 0.717) is 23.5 Å². The Kier molecular flexibility index (Phi) is 6.17. The SMILES string of the molecule is [CH]CCOc1cc(N)c(C)cc1N=Nc1ccc(OC)cc1S(=O)(=O)O. The van der Waals surface area contributed by atoms with Crippen molar-refractivity contribution in [3.05, 3.63) is 42.8 Å². The number of ether oxygens (including phenoxy) is 2. The van der Waals surface area contributed by atoms with E-state index in [1.54, 1.807) is 19.1 Å². The van der Waals surface area contributed by atoms with E-state index in [1.165, 1.54) is 19.2 Å². The van der Waals surface area contributed by atoms with Crippen molar-refractivity contribution in [2.24, 2.45) is 10.2 Å². The fraction of sp³-hybridized carbons (Fsp3) is 0.235. The highest BCUT2D eigenvalue weighted by molar-refractivity contribution is 7.86. The van der Waals surface area contributed by atoms with Gasteiger partial charge in [-0.05, 0) is 44.0 Å². The van der Waals surface area contributed by atoms with E-state index in [4.69, 9.17) is 22.1 Å². The van der Waals surface area contributed by atoms with Crippen LogP contribution in [0.2, 0.25) is 0 Å². The normalized spacial score (nSPS) is 11.7. The molecule has 0 unspecified atom stereocenters. The lowest BCUT2D eigenvalue weighted by molar-refractivity contribution is 0.325. The monoisotopic (exact) mass is 377 g/mol. The smallest absolute Gasteiger partial charge is 0.296 e. The number of hydrogen-bond donors (Lipinski definition) is 2. The Hall–Kier alpha value is -2.65. The standard InChI is InChI=1S/C17H19N3O5S/c1-4-7-25-16-10-13(18)11(2)8-15(16)20-19-14-6-5-12(24-3)9-17(14)26(21,22)23/h1,5-6,8-10H,4,7,18H2,2-3H3,(H,21,22,23). The van der Waals surface area contributed by atoms with Gasteiger partial charge in [-0.15, -0.1) is 10.2 Å². The topological polar surface area (TPSA) is 124 Å². The number of nitrogen functional groups attached to an aromatic ring is 1. The van der Waals surface area contributed by atoms with Crippen LogP contribution in [0, 0.1) is 13.8 Å². The van der Waals surface area contributed by atoms with E-state index < -0.39 is 15.0 Å². The van der Waals surface area contributed by atoms with Gasteiger partial charge in [-0.1, -0.05) is 0 Å². The van der Waals surface area contributed by atoms with Gasteiger partial charge in [0.25, 0.3) is 10.1 Å². The number of azo groups is 1. The van der Waals surface area contributed by atoms with Gasteiger partial charge in [-0.2, -0.15) is 8.42 Å². The van der Waals surface area contributed by atoms with Crippen LogP contribution in [-0.2, 0) is 10.1 Å². The predicted octanol–water partition coefficient (Wildman–Crippen LogP) is 3.73. The van der Waals surface area contributed by atoms with Crippen LogP contribution in [0.3, 0.4) is 0 Å². The summed E-state index contributed by atoms with van der Waals surface area (Å²) in [5.74, 6) is 0.621. The number of nitrogens with two attached hydrogens (primary N) is 1. The van der Waals surface area contributed by atoms with Gasteiger partial charge in [0, 0.05) is 17.8 Å². The van der Waals surface area contributed by atoms with Crippen LogP contribution in [0.4, 0.5) is 17.1 Å². The Labute approximate surface area is 152 Å². The van der Waals surface area contributed by atoms with Crippen molar-refractivity contribution in [1.29, 1.82) is 0 Å². The van der Waals surface area contributed by atoms with Crippen molar-refractivity contribution >= 4 is 27.2 Å². The van der Waals surface area contributed by atoms with Crippen LogP contribution in [0.5, 0.6) is 11.5 Å². The average molecular weight is 377 g/mol. The number of rotatable bonds is 7. The molecule has 0 aromatic heterocycles.